The molecule has 2 aromatic carbocycles. The molecule has 5 aliphatic rings. The lowest BCUT2D eigenvalue weighted by Crippen LogP contribution is -2.52. The number of carbonyl (C=O) groups excluding carboxylic acids is 3. The van der Waals surface area contributed by atoms with Crippen LogP contribution in [0.25, 0.3) is 11.3 Å². The molecular formula is C41H50F2N8O3. The second kappa shape index (κ2) is 16.0. The van der Waals surface area contributed by atoms with Crippen molar-refractivity contribution in [2.24, 2.45) is 5.92 Å². The number of halogens is 2. The average Bonchev–Trinajstić information content (AvgIpc) is 4.04. The molecule has 0 bridgehead atoms. The summed E-state index contributed by atoms with van der Waals surface area (Å²) in [5, 5.41) is 12.1. The molecule has 4 heterocycles. The first kappa shape index (κ1) is 36.3. The lowest BCUT2D eigenvalue weighted by Gasteiger charge is -2.42. The summed E-state index contributed by atoms with van der Waals surface area (Å²) in [6.07, 6.45) is 11.2. The fraction of sp³-hybridized carbons (Fsp3) is 0.537. The van der Waals surface area contributed by atoms with Crippen molar-refractivity contribution in [3.05, 3.63) is 65.9 Å². The monoisotopic (exact) mass is 740 g/mol. The number of nitrogens with one attached hydrogen (secondary N) is 4. The normalized spacial score (nSPS) is 24.6. The molecule has 5 fully saturated rings. The van der Waals surface area contributed by atoms with Crippen LogP contribution in [0.1, 0.15) is 88.5 Å². The average molecular weight is 741 g/mol. The lowest BCUT2D eigenvalue weighted by molar-refractivity contribution is -0.133. The summed E-state index contributed by atoms with van der Waals surface area (Å²) in [5.41, 5.74) is 3.42. The summed E-state index contributed by atoms with van der Waals surface area (Å²) >= 11 is 0. The van der Waals surface area contributed by atoms with E-state index in [2.05, 4.69) is 47.1 Å². The van der Waals surface area contributed by atoms with Crippen molar-refractivity contribution >= 4 is 35.0 Å². The highest BCUT2D eigenvalue weighted by molar-refractivity contribution is 6.01. The molecule has 11 nitrogen and oxygen atoms in total. The number of hydrogen-bond donors (Lipinski definition) is 4. The Bertz CT molecular complexity index is 1850. The zero-order valence-electron chi connectivity index (χ0n) is 30.7. The summed E-state index contributed by atoms with van der Waals surface area (Å²) < 4.78 is 30.0. The van der Waals surface area contributed by atoms with Crippen LogP contribution in [0.3, 0.4) is 0 Å². The number of benzene rings is 2. The highest BCUT2D eigenvalue weighted by atomic mass is 19.1. The minimum atomic E-state index is -0.551. The van der Waals surface area contributed by atoms with Gasteiger partial charge in [-0.15, -0.1) is 0 Å². The maximum Gasteiger partial charge on any atom is 0.249 e. The Kier molecular flexibility index (Phi) is 10.8. The van der Waals surface area contributed by atoms with Gasteiger partial charge in [-0.1, -0.05) is 18.2 Å². The van der Waals surface area contributed by atoms with Crippen molar-refractivity contribution in [1.82, 2.24) is 25.5 Å². The van der Waals surface area contributed by atoms with Gasteiger partial charge in [0.05, 0.1) is 11.9 Å². The van der Waals surface area contributed by atoms with E-state index >= 15 is 4.39 Å². The minimum Gasteiger partial charge on any atom is -0.374 e. The molecule has 1 aromatic heterocycles. The summed E-state index contributed by atoms with van der Waals surface area (Å²) in [4.78, 5) is 50.2. The van der Waals surface area contributed by atoms with E-state index < -0.39 is 11.9 Å². The molecule has 2 saturated carbocycles. The Morgan fingerprint density at radius 3 is 2.30 bits per heavy atom. The maximum absolute atomic E-state index is 15.2. The number of anilines is 3. The number of rotatable bonds is 10. The topological polar surface area (TPSA) is 132 Å². The predicted molar refractivity (Wildman–Crippen MR) is 203 cm³/mol. The van der Waals surface area contributed by atoms with Gasteiger partial charge >= 0.3 is 0 Å². The quantitative estimate of drug-likeness (QED) is 0.193. The van der Waals surface area contributed by atoms with Crippen LogP contribution in [0.4, 0.5) is 26.1 Å². The molecule has 0 radical (unpaired) electrons. The smallest absolute Gasteiger partial charge is 0.249 e. The standard InChI is InChI=1S/C41H50F2N8O3/c42-33-23-31(45-35-11-13-37(52)48-40(35)54)10-12-36(33)51-20-16-32(17-21-51)50-18-14-30(15-19-50)46-39(53)26-6-8-29(9-7-26)47-41-44-24-34(43)38(49-41)28-3-1-2-27(22-28)25-4-5-25/h1-3,10,12,22-26,29-30,32,35,45H,4-9,11,13-21H2,(H,46,53)(H,44,47,49)(H,48,52,54). The van der Waals surface area contributed by atoms with Gasteiger partial charge in [0.25, 0.3) is 0 Å². The van der Waals surface area contributed by atoms with Crippen LogP contribution in [0.2, 0.25) is 0 Å². The van der Waals surface area contributed by atoms with Crippen LogP contribution < -0.4 is 26.2 Å². The fourth-order valence-corrected chi connectivity index (χ4v) is 8.76. The zero-order chi connectivity index (χ0) is 37.2. The van der Waals surface area contributed by atoms with E-state index in [1.807, 2.05) is 18.2 Å². The van der Waals surface area contributed by atoms with Crippen molar-refractivity contribution in [1.29, 1.82) is 0 Å². The highest BCUT2D eigenvalue weighted by Gasteiger charge is 2.33. The molecule has 3 aliphatic heterocycles. The first-order valence-corrected chi connectivity index (χ1v) is 19.8. The Morgan fingerprint density at radius 2 is 1.57 bits per heavy atom. The number of hydrogen-bond acceptors (Lipinski definition) is 9. The van der Waals surface area contributed by atoms with Gasteiger partial charge in [-0.05, 0) is 106 Å². The van der Waals surface area contributed by atoms with E-state index in [1.54, 1.807) is 12.1 Å². The fourth-order valence-electron chi connectivity index (χ4n) is 8.76. The molecule has 3 saturated heterocycles. The van der Waals surface area contributed by atoms with Gasteiger partial charge in [0, 0.05) is 67.9 Å². The van der Waals surface area contributed by atoms with Gasteiger partial charge in [0.2, 0.25) is 23.7 Å². The Labute approximate surface area is 315 Å². The van der Waals surface area contributed by atoms with Gasteiger partial charge < -0.3 is 25.8 Å². The molecule has 4 N–H and O–H groups in total. The van der Waals surface area contributed by atoms with Gasteiger partial charge in [0.15, 0.2) is 5.82 Å². The molecule has 0 spiro atoms. The molecule has 13 heteroatoms. The maximum atomic E-state index is 15.2. The molecule has 1 atom stereocenters. The Hall–Kier alpha value is -4.65. The van der Waals surface area contributed by atoms with Crippen LogP contribution in [0.15, 0.2) is 48.7 Å². The molecule has 54 heavy (non-hydrogen) atoms. The SMILES string of the molecule is O=C1CCC(Nc2ccc(N3CCC(N4CCC(NC(=O)C5CCC(Nc6ncc(F)c(-c7cccc(C8CC8)c7)n6)CC5)CC4)CC3)c(F)c2)C(=O)N1. The van der Waals surface area contributed by atoms with E-state index in [-0.39, 0.29) is 48.0 Å². The van der Waals surface area contributed by atoms with Gasteiger partial charge in [-0.2, -0.15) is 0 Å². The summed E-state index contributed by atoms with van der Waals surface area (Å²) in [6.45, 7) is 3.40. The van der Waals surface area contributed by atoms with Gasteiger partial charge in [-0.25, -0.2) is 18.7 Å². The molecular weight excluding hydrogens is 690 g/mol. The van der Waals surface area contributed by atoms with E-state index in [9.17, 15) is 18.8 Å². The number of aromatic nitrogens is 2. The molecule has 3 aromatic rings. The van der Waals surface area contributed by atoms with Crippen LogP contribution in [0, 0.1) is 17.6 Å². The van der Waals surface area contributed by atoms with Crippen molar-refractivity contribution in [2.45, 2.75) is 107 Å². The minimum absolute atomic E-state index is 0.0112. The van der Waals surface area contributed by atoms with E-state index in [1.165, 1.54) is 30.7 Å². The molecule has 1 unspecified atom stereocenters. The van der Waals surface area contributed by atoms with Gasteiger partial charge in [-0.3, -0.25) is 19.7 Å². The van der Waals surface area contributed by atoms with Crippen LogP contribution in [0.5, 0.6) is 0 Å². The molecule has 3 amide bonds. The number of nitrogens with zero attached hydrogens (tertiary/aromatic N) is 4. The van der Waals surface area contributed by atoms with Crippen LogP contribution in [-0.2, 0) is 14.4 Å². The van der Waals surface area contributed by atoms with Crippen LogP contribution >= 0.6 is 0 Å². The van der Waals surface area contributed by atoms with E-state index in [4.69, 9.17) is 0 Å². The Balaban J connectivity index is 0.748. The van der Waals surface area contributed by atoms with Crippen molar-refractivity contribution in [3.8, 4) is 11.3 Å². The summed E-state index contributed by atoms with van der Waals surface area (Å²) in [6, 6.07) is 13.2. The lowest BCUT2D eigenvalue weighted by atomic mass is 9.85. The number of piperidine rings is 3. The molecule has 286 valence electrons. The highest BCUT2D eigenvalue weighted by Crippen LogP contribution is 2.41. The largest absolute Gasteiger partial charge is 0.374 e. The zero-order valence-corrected chi connectivity index (χ0v) is 30.7. The van der Waals surface area contributed by atoms with Crippen LogP contribution in [-0.4, -0.2) is 82.9 Å². The number of likely N-dealkylation sites (tertiary alicyclic amines) is 1. The van der Waals surface area contributed by atoms with Crippen molar-refractivity contribution < 1.29 is 23.2 Å². The summed E-state index contributed by atoms with van der Waals surface area (Å²) in [5.74, 6) is -0.267. The molecule has 2 aliphatic carbocycles. The third kappa shape index (κ3) is 8.51. The first-order valence-electron chi connectivity index (χ1n) is 19.8. The van der Waals surface area contributed by atoms with Crippen molar-refractivity contribution in [3.63, 3.8) is 0 Å². The Morgan fingerprint density at radius 1 is 0.796 bits per heavy atom. The second-order valence-electron chi connectivity index (χ2n) is 15.8. The number of imide groups is 1. The van der Waals surface area contributed by atoms with E-state index in [0.29, 0.717) is 41.4 Å². The van der Waals surface area contributed by atoms with Crippen molar-refractivity contribution in [2.75, 3.05) is 41.7 Å². The third-order valence-corrected chi connectivity index (χ3v) is 12.1. The predicted octanol–water partition coefficient (Wildman–Crippen LogP) is 5.74. The van der Waals surface area contributed by atoms with E-state index in [0.717, 1.165) is 83.1 Å². The first-order chi connectivity index (χ1) is 26.3. The number of amides is 3. The second-order valence-corrected chi connectivity index (χ2v) is 15.8. The number of carbonyl (C=O) groups is 3. The van der Waals surface area contributed by atoms with Gasteiger partial charge in [0.1, 0.15) is 17.6 Å². The summed E-state index contributed by atoms with van der Waals surface area (Å²) in [7, 11) is 0. The third-order valence-electron chi connectivity index (χ3n) is 12.1. The molecule has 8 rings (SSSR count).